The smallest absolute Gasteiger partial charge is 0.132 e. The molecule has 0 fully saturated rings. The second-order valence-electron chi connectivity index (χ2n) is 16.3. The molecule has 1 nitrogen and oxygen atoms in total. The molecule has 0 saturated carbocycles. The van der Waals surface area contributed by atoms with E-state index < -0.39 is 10.8 Å². The molecule has 13 rings (SSSR count). The van der Waals surface area contributed by atoms with E-state index in [-0.39, 0.29) is 0 Å². The summed E-state index contributed by atoms with van der Waals surface area (Å²) in [6.45, 7) is 0. The van der Waals surface area contributed by atoms with Gasteiger partial charge in [0.25, 0.3) is 0 Å². The fraction of sp³-hybridized carbons (Fsp3) is 0.0345. The van der Waals surface area contributed by atoms with Crippen molar-refractivity contribution in [2.24, 2.45) is 0 Å². The summed E-state index contributed by atoms with van der Waals surface area (Å²) in [6.07, 6.45) is 0. The molecule has 1 heteroatoms. The Hall–Kier alpha value is -7.48. The second-order valence-corrected chi connectivity index (χ2v) is 16.3. The minimum absolute atomic E-state index is 0.576. The van der Waals surface area contributed by atoms with Crippen LogP contribution < -0.4 is 4.74 Å². The highest BCUT2D eigenvalue weighted by Crippen LogP contribution is 2.64. The maximum atomic E-state index is 7.05. The van der Waals surface area contributed by atoms with Crippen LogP contribution in [0.2, 0.25) is 0 Å². The van der Waals surface area contributed by atoms with E-state index in [0.717, 1.165) is 22.6 Å². The summed E-state index contributed by atoms with van der Waals surface area (Å²) >= 11 is 0. The van der Waals surface area contributed by atoms with Crippen molar-refractivity contribution in [3.05, 3.63) is 263 Å². The lowest BCUT2D eigenvalue weighted by atomic mass is 9.63. The molecule has 0 amide bonds. The van der Waals surface area contributed by atoms with Crippen LogP contribution in [0.3, 0.4) is 0 Å². The van der Waals surface area contributed by atoms with Crippen LogP contribution in [0.1, 0.15) is 44.5 Å². The van der Waals surface area contributed by atoms with Crippen molar-refractivity contribution >= 4 is 21.5 Å². The van der Waals surface area contributed by atoms with E-state index in [2.05, 4.69) is 218 Å². The molecule has 2 aliphatic carbocycles. The minimum Gasteiger partial charge on any atom is -0.457 e. The standard InChI is InChI=1S/C58H36O/c1-2-19-41(20-3-1)57(49-27-13-11-25-46(49)47-34-38-17-4-5-18-39(38)35-52(47)57)48-26-12-8-21-42(48)40-31-32-54-53(36-40)58(56-43-22-7-6-16-37(43)30-33-55(56)59-54)50-28-14-9-23-44(50)45-24-10-15-29-51(45)58/h1-36H. The summed E-state index contributed by atoms with van der Waals surface area (Å²) in [5.41, 5.74) is 16.4. The van der Waals surface area contributed by atoms with Crippen LogP contribution in [0.25, 0.3) is 54.9 Å². The Morgan fingerprint density at radius 3 is 1.49 bits per heavy atom. The van der Waals surface area contributed by atoms with E-state index in [1.165, 1.54) is 88.3 Å². The SMILES string of the molecule is c1ccc(C2(c3ccccc3-c3ccc4c(c3)C3(c5ccccc5-c5ccccc53)c3c(ccc5ccccc35)O4)c3ccccc3-c3cc4ccccc4cc32)cc1. The maximum absolute atomic E-state index is 7.05. The van der Waals surface area contributed by atoms with Crippen molar-refractivity contribution in [1.29, 1.82) is 0 Å². The number of hydrogen-bond acceptors (Lipinski definition) is 1. The summed E-state index contributed by atoms with van der Waals surface area (Å²) < 4.78 is 7.05. The van der Waals surface area contributed by atoms with E-state index >= 15 is 0 Å². The fourth-order valence-electron chi connectivity index (χ4n) is 11.3. The molecule has 0 N–H and O–H groups in total. The highest BCUT2D eigenvalue weighted by molar-refractivity contribution is 5.99. The normalized spacial score (nSPS) is 16.1. The summed E-state index contributed by atoms with van der Waals surface area (Å²) in [4.78, 5) is 0. The van der Waals surface area contributed by atoms with Crippen molar-refractivity contribution in [1.82, 2.24) is 0 Å². The molecule has 10 aromatic carbocycles. The summed E-state index contributed by atoms with van der Waals surface area (Å²) in [6, 6.07) is 81.2. The van der Waals surface area contributed by atoms with E-state index in [9.17, 15) is 0 Å². The van der Waals surface area contributed by atoms with Gasteiger partial charge in [-0.3, -0.25) is 0 Å². The zero-order chi connectivity index (χ0) is 38.7. The van der Waals surface area contributed by atoms with Crippen LogP contribution in [0, 0.1) is 0 Å². The first-order valence-electron chi connectivity index (χ1n) is 20.6. The van der Waals surface area contributed by atoms with Gasteiger partial charge in [0.2, 0.25) is 0 Å². The topological polar surface area (TPSA) is 9.23 Å². The summed E-state index contributed by atoms with van der Waals surface area (Å²) in [5.74, 6) is 1.80. The molecule has 0 aromatic heterocycles. The molecule has 3 aliphatic rings. The lowest BCUT2D eigenvalue weighted by molar-refractivity contribution is 0.438. The summed E-state index contributed by atoms with van der Waals surface area (Å²) in [7, 11) is 0. The monoisotopic (exact) mass is 748 g/mol. The molecule has 0 saturated heterocycles. The van der Waals surface area contributed by atoms with E-state index in [0.29, 0.717) is 0 Å². The number of fused-ring (bicyclic) bond motifs is 15. The highest BCUT2D eigenvalue weighted by atomic mass is 16.5. The summed E-state index contributed by atoms with van der Waals surface area (Å²) in [5, 5.41) is 4.91. The molecule has 1 spiro atoms. The van der Waals surface area contributed by atoms with Crippen molar-refractivity contribution in [3.63, 3.8) is 0 Å². The van der Waals surface area contributed by atoms with Gasteiger partial charge in [-0.2, -0.15) is 0 Å². The van der Waals surface area contributed by atoms with Crippen molar-refractivity contribution in [2.45, 2.75) is 10.8 Å². The van der Waals surface area contributed by atoms with Gasteiger partial charge in [-0.25, -0.2) is 0 Å². The van der Waals surface area contributed by atoms with Crippen LogP contribution >= 0.6 is 0 Å². The van der Waals surface area contributed by atoms with Crippen LogP contribution in [0.15, 0.2) is 218 Å². The molecule has 1 unspecified atom stereocenters. The zero-order valence-corrected chi connectivity index (χ0v) is 32.2. The number of benzene rings is 10. The molecule has 1 heterocycles. The Labute approximate surface area is 343 Å². The highest BCUT2D eigenvalue weighted by Gasteiger charge is 2.52. The largest absolute Gasteiger partial charge is 0.457 e. The molecular weight excluding hydrogens is 713 g/mol. The zero-order valence-electron chi connectivity index (χ0n) is 32.2. The molecule has 274 valence electrons. The van der Waals surface area contributed by atoms with Gasteiger partial charge in [0, 0.05) is 11.1 Å². The average molecular weight is 749 g/mol. The fourth-order valence-corrected chi connectivity index (χ4v) is 11.3. The first-order valence-corrected chi connectivity index (χ1v) is 20.6. The number of hydrogen-bond donors (Lipinski definition) is 0. The molecule has 59 heavy (non-hydrogen) atoms. The Kier molecular flexibility index (Phi) is 6.64. The van der Waals surface area contributed by atoms with Gasteiger partial charge in [0.05, 0.1) is 10.8 Å². The third-order valence-corrected chi connectivity index (χ3v) is 13.6. The van der Waals surface area contributed by atoms with Gasteiger partial charge < -0.3 is 4.74 Å². The van der Waals surface area contributed by atoms with Crippen molar-refractivity contribution in [3.8, 4) is 44.9 Å². The first-order chi connectivity index (χ1) is 29.3. The molecule has 1 aliphatic heterocycles. The third-order valence-electron chi connectivity index (χ3n) is 13.6. The molecule has 10 aromatic rings. The van der Waals surface area contributed by atoms with Gasteiger partial charge >= 0.3 is 0 Å². The number of rotatable bonds is 3. The third kappa shape index (κ3) is 4.19. The van der Waals surface area contributed by atoms with Crippen LogP contribution in [-0.4, -0.2) is 0 Å². The Morgan fingerprint density at radius 2 is 0.797 bits per heavy atom. The minimum atomic E-state index is -0.607. The van der Waals surface area contributed by atoms with Crippen LogP contribution in [0.4, 0.5) is 0 Å². The predicted molar refractivity (Wildman–Crippen MR) is 242 cm³/mol. The van der Waals surface area contributed by atoms with Gasteiger partial charge in [0.15, 0.2) is 0 Å². The Bertz CT molecular complexity index is 3330. The number of ether oxygens (including phenoxy) is 1. The van der Waals surface area contributed by atoms with Crippen LogP contribution in [-0.2, 0) is 10.8 Å². The van der Waals surface area contributed by atoms with E-state index in [1.54, 1.807) is 0 Å². The lowest BCUT2D eigenvalue weighted by Gasteiger charge is -2.40. The average Bonchev–Trinajstić information content (AvgIpc) is 3.76. The van der Waals surface area contributed by atoms with Gasteiger partial charge in [-0.05, 0) is 119 Å². The Morgan fingerprint density at radius 1 is 0.288 bits per heavy atom. The van der Waals surface area contributed by atoms with Gasteiger partial charge in [0.1, 0.15) is 11.5 Å². The van der Waals surface area contributed by atoms with Crippen molar-refractivity contribution in [2.75, 3.05) is 0 Å². The van der Waals surface area contributed by atoms with Gasteiger partial charge in [-0.15, -0.1) is 0 Å². The maximum Gasteiger partial charge on any atom is 0.132 e. The Balaban J connectivity index is 1.14. The van der Waals surface area contributed by atoms with Gasteiger partial charge in [-0.1, -0.05) is 188 Å². The lowest BCUT2D eigenvalue weighted by Crippen LogP contribution is -2.32. The molecule has 1 atom stereocenters. The molecular formula is C58H36O. The van der Waals surface area contributed by atoms with Crippen LogP contribution in [0.5, 0.6) is 11.5 Å². The molecule has 0 bridgehead atoms. The second kappa shape index (κ2) is 12.0. The quantitative estimate of drug-likeness (QED) is 0.175. The molecule has 0 radical (unpaired) electrons. The first kappa shape index (κ1) is 32.6. The van der Waals surface area contributed by atoms with E-state index in [4.69, 9.17) is 4.74 Å². The van der Waals surface area contributed by atoms with Crippen molar-refractivity contribution < 1.29 is 4.74 Å². The van der Waals surface area contributed by atoms with E-state index in [1.807, 2.05) is 0 Å². The predicted octanol–water partition coefficient (Wildman–Crippen LogP) is 14.5.